The molecule has 2 rings (SSSR count). The summed E-state index contributed by atoms with van der Waals surface area (Å²) >= 11 is 0. The lowest BCUT2D eigenvalue weighted by Crippen LogP contribution is -2.35. The van der Waals surface area contributed by atoms with Crippen LogP contribution in [0.2, 0.25) is 0 Å². The molecule has 1 amide bonds. The second-order valence-electron chi connectivity index (χ2n) is 4.94. The van der Waals surface area contributed by atoms with Gasteiger partial charge >= 0.3 is 0 Å². The fourth-order valence-corrected chi connectivity index (χ4v) is 1.96. The predicted molar refractivity (Wildman–Crippen MR) is 76.1 cm³/mol. The number of carbonyl (C=O) groups excluding carboxylic acids is 1. The molecule has 0 bridgehead atoms. The Morgan fingerprint density at radius 1 is 1.42 bits per heavy atom. The van der Waals surface area contributed by atoms with Crippen LogP contribution in [0.25, 0.3) is 10.9 Å². The van der Waals surface area contributed by atoms with Gasteiger partial charge in [0.05, 0.1) is 6.10 Å². The maximum absolute atomic E-state index is 12.0. The van der Waals surface area contributed by atoms with Crippen LogP contribution in [0.3, 0.4) is 0 Å². The third-order valence-electron chi connectivity index (χ3n) is 3.59. The monoisotopic (exact) mass is 260 g/mol. The number of aliphatic hydroxyl groups excluding tert-OH is 1. The number of nitrogens with one attached hydrogen (secondary N) is 2. The number of fused-ring (bicyclic) bond motifs is 1. The fourth-order valence-electron chi connectivity index (χ4n) is 1.96. The zero-order chi connectivity index (χ0) is 13.8. The molecule has 3 N–H and O–H groups in total. The molecule has 0 saturated carbocycles. The minimum atomic E-state index is -0.497. The number of aliphatic hydroxyl groups is 1. The van der Waals surface area contributed by atoms with Crippen LogP contribution in [0.4, 0.5) is 0 Å². The lowest BCUT2D eigenvalue weighted by atomic mass is 10.0. The molecule has 0 radical (unpaired) electrons. The summed E-state index contributed by atoms with van der Waals surface area (Å²) in [4.78, 5) is 15.1. The number of aromatic amines is 1. The van der Waals surface area contributed by atoms with Gasteiger partial charge in [0.1, 0.15) is 0 Å². The van der Waals surface area contributed by atoms with Gasteiger partial charge in [0.15, 0.2) is 0 Å². The van der Waals surface area contributed by atoms with Crippen molar-refractivity contribution in [3.05, 3.63) is 36.0 Å². The highest BCUT2D eigenvalue weighted by atomic mass is 16.3. The van der Waals surface area contributed by atoms with Crippen LogP contribution in [0, 0.1) is 5.92 Å². The summed E-state index contributed by atoms with van der Waals surface area (Å²) in [5.41, 5.74) is 1.54. The lowest BCUT2D eigenvalue weighted by molar-refractivity contribution is 0.0850. The van der Waals surface area contributed by atoms with Crippen molar-refractivity contribution in [2.45, 2.75) is 26.4 Å². The highest BCUT2D eigenvalue weighted by Gasteiger charge is 2.14. The van der Waals surface area contributed by atoms with E-state index in [-0.39, 0.29) is 18.4 Å². The van der Waals surface area contributed by atoms with Crippen LogP contribution in [-0.2, 0) is 0 Å². The molecule has 2 aromatic rings. The average Bonchev–Trinajstić information content (AvgIpc) is 2.90. The molecule has 0 fully saturated rings. The maximum Gasteiger partial charge on any atom is 0.251 e. The first-order chi connectivity index (χ1) is 9.11. The van der Waals surface area contributed by atoms with Crippen molar-refractivity contribution in [3.8, 4) is 0 Å². The van der Waals surface area contributed by atoms with Crippen molar-refractivity contribution in [1.29, 1.82) is 0 Å². The zero-order valence-electron chi connectivity index (χ0n) is 11.3. The summed E-state index contributed by atoms with van der Waals surface area (Å²) in [6.07, 6.45) is 2.24. The first kappa shape index (κ1) is 13.6. The van der Waals surface area contributed by atoms with E-state index in [1.165, 1.54) is 0 Å². The van der Waals surface area contributed by atoms with Crippen LogP contribution >= 0.6 is 0 Å². The van der Waals surface area contributed by atoms with Crippen LogP contribution in [0.5, 0.6) is 0 Å². The Morgan fingerprint density at radius 3 is 2.95 bits per heavy atom. The molecule has 1 aromatic heterocycles. The normalized spacial score (nSPS) is 14.3. The molecule has 1 aromatic carbocycles. The topological polar surface area (TPSA) is 65.1 Å². The lowest BCUT2D eigenvalue weighted by Gasteiger charge is -2.17. The third kappa shape index (κ3) is 3.15. The summed E-state index contributed by atoms with van der Waals surface area (Å²) in [6, 6.07) is 7.48. The average molecular weight is 260 g/mol. The van der Waals surface area contributed by atoms with E-state index in [9.17, 15) is 9.90 Å². The van der Waals surface area contributed by atoms with E-state index in [1.54, 1.807) is 6.07 Å². The van der Waals surface area contributed by atoms with Crippen molar-refractivity contribution in [1.82, 2.24) is 10.3 Å². The van der Waals surface area contributed by atoms with Gasteiger partial charge in [0, 0.05) is 23.8 Å². The van der Waals surface area contributed by atoms with Gasteiger partial charge in [-0.1, -0.05) is 26.3 Å². The Labute approximate surface area is 112 Å². The number of hydrogen-bond acceptors (Lipinski definition) is 2. The smallest absolute Gasteiger partial charge is 0.251 e. The Bertz CT molecular complexity index is 562. The standard InChI is InChI=1S/C15H20N2O2/c1-3-10(2)14(18)9-17-15(19)12-5-4-11-6-7-16-13(11)8-12/h4-8,10,14,16,18H,3,9H2,1-2H3,(H,17,19)/t10-,14+/m1/s1. The third-order valence-corrected chi connectivity index (χ3v) is 3.59. The summed E-state index contributed by atoms with van der Waals surface area (Å²) in [5.74, 6) is 0.0324. The second kappa shape index (κ2) is 5.89. The Morgan fingerprint density at radius 2 is 2.21 bits per heavy atom. The van der Waals surface area contributed by atoms with E-state index in [1.807, 2.05) is 38.2 Å². The molecule has 4 nitrogen and oxygen atoms in total. The Balaban J connectivity index is 1.99. The molecular formula is C15H20N2O2. The Kier molecular flexibility index (Phi) is 4.22. The first-order valence-electron chi connectivity index (χ1n) is 6.65. The number of amides is 1. The number of rotatable bonds is 5. The highest BCUT2D eigenvalue weighted by Crippen LogP contribution is 2.14. The molecule has 0 aliphatic carbocycles. The zero-order valence-corrected chi connectivity index (χ0v) is 11.3. The van der Waals surface area contributed by atoms with E-state index >= 15 is 0 Å². The number of benzene rings is 1. The van der Waals surface area contributed by atoms with E-state index in [0.29, 0.717) is 5.56 Å². The molecule has 1 heterocycles. The van der Waals surface area contributed by atoms with Crippen molar-refractivity contribution < 1.29 is 9.90 Å². The first-order valence-corrected chi connectivity index (χ1v) is 6.65. The molecule has 0 aliphatic rings. The highest BCUT2D eigenvalue weighted by molar-refractivity contribution is 5.97. The van der Waals surface area contributed by atoms with Crippen molar-refractivity contribution in [2.75, 3.05) is 6.54 Å². The van der Waals surface area contributed by atoms with Crippen LogP contribution < -0.4 is 5.32 Å². The summed E-state index contributed by atoms with van der Waals surface area (Å²) < 4.78 is 0. The van der Waals surface area contributed by atoms with Gasteiger partial charge in [-0.3, -0.25) is 4.79 Å². The van der Waals surface area contributed by atoms with Gasteiger partial charge in [-0.2, -0.15) is 0 Å². The van der Waals surface area contributed by atoms with Gasteiger partial charge in [-0.05, 0) is 29.5 Å². The molecule has 4 heteroatoms. The molecule has 0 aliphatic heterocycles. The van der Waals surface area contributed by atoms with E-state index in [0.717, 1.165) is 17.3 Å². The van der Waals surface area contributed by atoms with Crippen LogP contribution in [0.15, 0.2) is 30.5 Å². The molecule has 0 saturated heterocycles. The SMILES string of the molecule is CC[C@@H](C)[C@@H](O)CNC(=O)c1ccc2cc[nH]c2c1. The van der Waals surface area contributed by atoms with E-state index < -0.39 is 6.10 Å². The minimum absolute atomic E-state index is 0.154. The van der Waals surface area contributed by atoms with Crippen molar-refractivity contribution >= 4 is 16.8 Å². The largest absolute Gasteiger partial charge is 0.391 e. The number of aromatic nitrogens is 1. The molecule has 0 spiro atoms. The number of carbonyl (C=O) groups is 1. The van der Waals surface area contributed by atoms with Gasteiger partial charge < -0.3 is 15.4 Å². The summed E-state index contributed by atoms with van der Waals surface area (Å²) in [5, 5.41) is 13.7. The van der Waals surface area contributed by atoms with E-state index in [4.69, 9.17) is 0 Å². The van der Waals surface area contributed by atoms with Crippen molar-refractivity contribution in [2.24, 2.45) is 5.92 Å². The minimum Gasteiger partial charge on any atom is -0.391 e. The van der Waals surface area contributed by atoms with Crippen LogP contribution in [-0.4, -0.2) is 28.6 Å². The predicted octanol–water partition coefficient (Wildman–Crippen LogP) is 2.30. The quantitative estimate of drug-likeness (QED) is 0.772. The fraction of sp³-hybridized carbons (Fsp3) is 0.400. The van der Waals surface area contributed by atoms with Gasteiger partial charge in [-0.15, -0.1) is 0 Å². The second-order valence-corrected chi connectivity index (χ2v) is 4.94. The molecular weight excluding hydrogens is 240 g/mol. The molecule has 19 heavy (non-hydrogen) atoms. The summed E-state index contributed by atoms with van der Waals surface area (Å²) in [7, 11) is 0. The van der Waals surface area contributed by atoms with Gasteiger partial charge in [0.2, 0.25) is 0 Å². The number of H-pyrrole nitrogens is 1. The van der Waals surface area contributed by atoms with Gasteiger partial charge in [-0.25, -0.2) is 0 Å². The van der Waals surface area contributed by atoms with E-state index in [2.05, 4.69) is 10.3 Å². The molecule has 0 unspecified atom stereocenters. The molecule has 2 atom stereocenters. The number of hydrogen-bond donors (Lipinski definition) is 3. The molecule has 102 valence electrons. The van der Waals surface area contributed by atoms with Crippen LogP contribution in [0.1, 0.15) is 30.6 Å². The Hall–Kier alpha value is -1.81. The van der Waals surface area contributed by atoms with Gasteiger partial charge in [0.25, 0.3) is 5.91 Å². The van der Waals surface area contributed by atoms with Crippen molar-refractivity contribution in [3.63, 3.8) is 0 Å². The summed E-state index contributed by atoms with van der Waals surface area (Å²) in [6.45, 7) is 4.29. The maximum atomic E-state index is 12.0.